The molecule has 78 valence electrons. The second kappa shape index (κ2) is 3.57. The highest BCUT2D eigenvalue weighted by atomic mass is 17.4. The Bertz CT molecular complexity index is 447. The molecule has 1 heterocycles. The van der Waals surface area contributed by atoms with E-state index in [-0.39, 0.29) is 5.56 Å². The van der Waals surface area contributed by atoms with Crippen molar-refractivity contribution in [1.82, 2.24) is 0 Å². The normalized spacial score (nSPS) is 11.1. The fourth-order valence-corrected chi connectivity index (χ4v) is 0.861. The van der Waals surface area contributed by atoms with Crippen LogP contribution < -0.4 is 11.3 Å². The minimum Gasteiger partial charge on any atom is -0.242 e. The van der Waals surface area contributed by atoms with Crippen molar-refractivity contribution in [2.75, 3.05) is 0 Å². The van der Waals surface area contributed by atoms with Crippen LogP contribution >= 0.6 is 0 Å². The van der Waals surface area contributed by atoms with Crippen LogP contribution in [0.4, 0.5) is 0 Å². The van der Waals surface area contributed by atoms with E-state index >= 15 is 0 Å². The molecule has 0 aliphatic carbocycles. The summed E-state index contributed by atoms with van der Waals surface area (Å²) in [6.45, 7) is 5.24. The van der Waals surface area contributed by atoms with Crippen LogP contribution in [0.5, 0.6) is 0 Å². The molecule has 1 aromatic rings. The van der Waals surface area contributed by atoms with Gasteiger partial charge in [-0.05, 0) is 14.9 Å². The monoisotopic (exact) mass is 202 g/mol. The van der Waals surface area contributed by atoms with Crippen LogP contribution in [0, 0.1) is 0 Å². The zero-order valence-electron chi connectivity index (χ0n) is 8.03. The van der Waals surface area contributed by atoms with Crippen molar-refractivity contribution in [3.8, 4) is 0 Å². The first-order valence-corrected chi connectivity index (χ1v) is 3.89. The highest BCUT2D eigenvalue weighted by molar-refractivity contribution is 5.14. The Morgan fingerprint density at radius 1 is 1.07 bits per heavy atom. The predicted octanol–water partition coefficient (Wildman–Crippen LogP) is 1.20. The van der Waals surface area contributed by atoms with Gasteiger partial charge in [0.25, 0.3) is 0 Å². The molecular weight excluding hydrogens is 192 g/mol. The summed E-state index contributed by atoms with van der Waals surface area (Å²) in [4.78, 5) is 22.2. The molecule has 0 aromatic carbocycles. The smallest absolute Gasteiger partial charge is 0.242 e. The molecule has 0 amide bonds. The Kier molecular flexibility index (Phi) is 2.64. The number of rotatable bonds is 0. The highest BCUT2D eigenvalue weighted by Gasteiger charge is 2.19. The van der Waals surface area contributed by atoms with Crippen molar-refractivity contribution in [3.63, 3.8) is 0 Å². The molecule has 0 saturated carbocycles. The summed E-state index contributed by atoms with van der Waals surface area (Å²) in [6.07, 6.45) is 0. The Balaban J connectivity index is 3.60. The van der Waals surface area contributed by atoms with Gasteiger partial charge in [-0.15, -0.1) is 0 Å². The molecular formula is C8H10O6. The van der Waals surface area contributed by atoms with E-state index < -0.39 is 16.7 Å². The van der Waals surface area contributed by atoms with Crippen molar-refractivity contribution < 1.29 is 18.6 Å². The second-order valence-electron chi connectivity index (χ2n) is 3.72. The van der Waals surface area contributed by atoms with Gasteiger partial charge in [0, 0.05) is 6.07 Å². The molecule has 0 N–H and O–H groups in total. The van der Waals surface area contributed by atoms with Gasteiger partial charge in [-0.2, -0.15) is 0 Å². The first-order valence-electron chi connectivity index (χ1n) is 3.89. The minimum atomic E-state index is -0.827. The van der Waals surface area contributed by atoms with E-state index in [1.807, 2.05) is 0 Å². The van der Waals surface area contributed by atoms with Crippen LogP contribution in [0.2, 0.25) is 0 Å². The maximum atomic E-state index is 11.3. The zero-order valence-corrected chi connectivity index (χ0v) is 8.03. The summed E-state index contributed by atoms with van der Waals surface area (Å²) in [6, 6.07) is 1.00. The van der Waals surface area contributed by atoms with Gasteiger partial charge in [0.15, 0.2) is 0 Å². The predicted molar refractivity (Wildman–Crippen MR) is 44.4 cm³/mol. The fourth-order valence-electron chi connectivity index (χ4n) is 0.861. The van der Waals surface area contributed by atoms with Crippen molar-refractivity contribution in [2.45, 2.75) is 26.2 Å². The maximum absolute atomic E-state index is 11.3. The van der Waals surface area contributed by atoms with Crippen LogP contribution in [0.1, 0.15) is 26.3 Å². The third-order valence-electron chi connectivity index (χ3n) is 1.54. The quantitative estimate of drug-likeness (QED) is 0.587. The topological polar surface area (TPSA) is 86.7 Å². The Labute approximate surface area is 78.2 Å². The van der Waals surface area contributed by atoms with E-state index in [1.54, 1.807) is 20.8 Å². The third-order valence-corrected chi connectivity index (χ3v) is 1.54. The fraction of sp³-hybridized carbons (Fsp3) is 0.500. The molecule has 6 heteroatoms. The van der Waals surface area contributed by atoms with Gasteiger partial charge in [-0.1, -0.05) is 20.8 Å². The summed E-state index contributed by atoms with van der Waals surface area (Å²) >= 11 is 0. The molecule has 0 fully saturated rings. The van der Waals surface area contributed by atoms with Crippen molar-refractivity contribution in [3.05, 3.63) is 32.5 Å². The molecule has 6 nitrogen and oxygen atoms in total. The summed E-state index contributed by atoms with van der Waals surface area (Å²) in [5.74, 6) is 0. The lowest BCUT2D eigenvalue weighted by atomic mass is 9.89. The second-order valence-corrected chi connectivity index (χ2v) is 3.72. The highest BCUT2D eigenvalue weighted by Crippen LogP contribution is 2.16. The van der Waals surface area contributed by atoms with E-state index in [4.69, 9.17) is 0 Å². The van der Waals surface area contributed by atoms with E-state index in [0.717, 1.165) is 6.07 Å². The van der Waals surface area contributed by atoms with Gasteiger partial charge in [0.2, 0.25) is 0 Å². The van der Waals surface area contributed by atoms with Gasteiger partial charge in [-0.25, -0.2) is 18.7 Å². The lowest BCUT2D eigenvalue weighted by Crippen LogP contribution is -2.22. The maximum Gasteiger partial charge on any atom is 0.387 e. The largest absolute Gasteiger partial charge is 0.387 e. The van der Waals surface area contributed by atoms with Gasteiger partial charge in [-0.3, -0.25) is 0 Å². The van der Waals surface area contributed by atoms with Crippen LogP contribution in [-0.4, -0.2) is 0 Å². The summed E-state index contributed by atoms with van der Waals surface area (Å²) in [5, 5.41) is 0. The van der Waals surface area contributed by atoms with E-state index in [2.05, 4.69) is 18.6 Å². The standard InChI is InChI=1S/C8H10O6/c1-8(2,3)5-4-6(9)11-13-14-12-7(5)10/h4H,1-3H3. The molecule has 0 radical (unpaired) electrons. The first-order chi connectivity index (χ1) is 6.41. The van der Waals surface area contributed by atoms with E-state index in [0.29, 0.717) is 0 Å². The molecule has 0 unspecified atom stereocenters. The van der Waals surface area contributed by atoms with Gasteiger partial charge < -0.3 is 0 Å². The Hall–Kier alpha value is -1.72. The molecule has 0 aliphatic rings. The summed E-state index contributed by atoms with van der Waals surface area (Å²) < 4.78 is 15.8. The Morgan fingerprint density at radius 2 is 1.64 bits per heavy atom. The molecule has 0 atom stereocenters. The Morgan fingerprint density at radius 3 is 2.21 bits per heavy atom. The summed E-state index contributed by atoms with van der Waals surface area (Å²) in [7, 11) is 0. The molecule has 14 heavy (non-hydrogen) atoms. The zero-order chi connectivity index (χ0) is 10.8. The van der Waals surface area contributed by atoms with Crippen LogP contribution in [0.3, 0.4) is 0 Å². The first kappa shape index (κ1) is 10.4. The van der Waals surface area contributed by atoms with E-state index in [9.17, 15) is 9.59 Å². The molecule has 0 spiro atoms. The molecule has 0 bridgehead atoms. The third kappa shape index (κ3) is 2.38. The van der Waals surface area contributed by atoms with Crippen LogP contribution in [-0.2, 0) is 5.41 Å². The minimum absolute atomic E-state index is 0.144. The van der Waals surface area contributed by atoms with Crippen LogP contribution in [0.15, 0.2) is 34.3 Å². The van der Waals surface area contributed by atoms with Gasteiger partial charge in [0.1, 0.15) is 0 Å². The molecule has 0 saturated heterocycles. The van der Waals surface area contributed by atoms with Crippen molar-refractivity contribution in [1.29, 1.82) is 0 Å². The average Bonchev–Trinajstić information content (AvgIpc) is 2.03. The molecule has 1 aromatic heterocycles. The van der Waals surface area contributed by atoms with Gasteiger partial charge in [0.05, 0.1) is 5.56 Å². The summed E-state index contributed by atoms with van der Waals surface area (Å²) in [5.41, 5.74) is -2.01. The van der Waals surface area contributed by atoms with E-state index in [1.165, 1.54) is 0 Å². The SMILES string of the molecule is CC(C)(C)c1cc(=O)ooooc1=O. The van der Waals surface area contributed by atoms with Crippen molar-refractivity contribution in [2.24, 2.45) is 0 Å². The number of hydrogen-bond donors (Lipinski definition) is 0. The lowest BCUT2D eigenvalue weighted by molar-refractivity contribution is -0.306. The lowest BCUT2D eigenvalue weighted by Gasteiger charge is -2.14. The average molecular weight is 202 g/mol. The number of hydrogen-bond acceptors (Lipinski definition) is 6. The van der Waals surface area contributed by atoms with Crippen molar-refractivity contribution >= 4 is 0 Å². The van der Waals surface area contributed by atoms with Crippen LogP contribution in [0.25, 0.3) is 0 Å². The van der Waals surface area contributed by atoms with Gasteiger partial charge >= 0.3 is 11.3 Å². The molecule has 0 aliphatic heterocycles. The molecule has 1 rings (SSSR count).